The fourth-order valence-corrected chi connectivity index (χ4v) is 5.12. The molecule has 1 unspecified atom stereocenters. The van der Waals surface area contributed by atoms with E-state index in [1.165, 1.54) is 12.1 Å². The first-order valence-electron chi connectivity index (χ1n) is 12.3. The van der Waals surface area contributed by atoms with Crippen molar-refractivity contribution in [1.82, 2.24) is 10.2 Å². The van der Waals surface area contributed by atoms with E-state index in [9.17, 15) is 27.5 Å². The SMILES string of the molecule is COc1ccc(-c2ccc([C@H](NC(CC(C)C)C(=O)N3C[C@H](F)[C@H]4OC[C@H](O)[C@H]43)C(F)(F)F)cc2)cc1. The molecule has 202 valence electrons. The molecule has 2 aromatic rings. The lowest BCUT2D eigenvalue weighted by atomic mass is 9.97. The second-order valence-corrected chi connectivity index (χ2v) is 10.0. The largest absolute Gasteiger partial charge is 0.497 e. The van der Waals surface area contributed by atoms with Crippen LogP contribution in [0.25, 0.3) is 11.1 Å². The molecule has 6 nitrogen and oxygen atoms in total. The summed E-state index contributed by atoms with van der Waals surface area (Å²) in [6.07, 6.45) is -8.14. The van der Waals surface area contributed by atoms with Gasteiger partial charge in [-0.3, -0.25) is 10.1 Å². The Balaban J connectivity index is 1.58. The molecule has 0 saturated carbocycles. The molecule has 2 aromatic carbocycles. The number of benzene rings is 2. The molecule has 2 fully saturated rings. The highest BCUT2D eigenvalue weighted by molar-refractivity contribution is 5.83. The predicted molar refractivity (Wildman–Crippen MR) is 130 cm³/mol. The lowest BCUT2D eigenvalue weighted by Gasteiger charge is -2.33. The Morgan fingerprint density at radius 1 is 1.14 bits per heavy atom. The van der Waals surface area contributed by atoms with Crippen LogP contribution in [0.2, 0.25) is 0 Å². The first-order chi connectivity index (χ1) is 17.5. The van der Waals surface area contributed by atoms with Crippen molar-refractivity contribution in [2.75, 3.05) is 20.3 Å². The number of fused-ring (bicyclic) bond motifs is 1. The van der Waals surface area contributed by atoms with E-state index < -0.39 is 48.6 Å². The quantitative estimate of drug-likeness (QED) is 0.505. The topological polar surface area (TPSA) is 71.0 Å². The summed E-state index contributed by atoms with van der Waals surface area (Å²) in [7, 11) is 1.55. The van der Waals surface area contributed by atoms with Crippen LogP contribution in [0.1, 0.15) is 31.9 Å². The van der Waals surface area contributed by atoms with E-state index in [1.807, 2.05) is 12.1 Å². The van der Waals surface area contributed by atoms with Crippen molar-refractivity contribution in [3.8, 4) is 16.9 Å². The van der Waals surface area contributed by atoms with Gasteiger partial charge in [0.25, 0.3) is 0 Å². The van der Waals surface area contributed by atoms with Gasteiger partial charge >= 0.3 is 6.18 Å². The number of aliphatic hydroxyl groups excluding tert-OH is 1. The molecule has 2 aliphatic heterocycles. The second-order valence-electron chi connectivity index (χ2n) is 10.0. The van der Waals surface area contributed by atoms with Crippen molar-refractivity contribution in [1.29, 1.82) is 0 Å². The van der Waals surface area contributed by atoms with Crippen molar-refractivity contribution in [2.45, 2.75) is 62.9 Å². The smallest absolute Gasteiger partial charge is 0.407 e. The molecule has 10 heteroatoms. The van der Waals surface area contributed by atoms with Crippen LogP contribution in [0.5, 0.6) is 5.75 Å². The molecule has 2 saturated heterocycles. The zero-order valence-corrected chi connectivity index (χ0v) is 20.9. The number of rotatable bonds is 8. The van der Waals surface area contributed by atoms with E-state index in [2.05, 4.69) is 5.32 Å². The Morgan fingerprint density at radius 2 is 1.73 bits per heavy atom. The van der Waals surface area contributed by atoms with Crippen LogP contribution in [-0.2, 0) is 9.53 Å². The molecule has 0 aliphatic carbocycles. The van der Waals surface area contributed by atoms with E-state index in [1.54, 1.807) is 45.2 Å². The average Bonchev–Trinajstić information content (AvgIpc) is 3.40. The fraction of sp³-hybridized carbons (Fsp3) is 0.519. The zero-order chi connectivity index (χ0) is 26.9. The van der Waals surface area contributed by atoms with Gasteiger partial charge < -0.3 is 19.5 Å². The van der Waals surface area contributed by atoms with Crippen molar-refractivity contribution >= 4 is 5.91 Å². The van der Waals surface area contributed by atoms with Crippen molar-refractivity contribution in [3.63, 3.8) is 0 Å². The highest BCUT2D eigenvalue weighted by Gasteiger charge is 2.54. The number of carbonyl (C=O) groups is 1. The van der Waals surface area contributed by atoms with Crippen LogP contribution in [0.4, 0.5) is 17.6 Å². The minimum absolute atomic E-state index is 0.0433. The summed E-state index contributed by atoms with van der Waals surface area (Å²) in [4.78, 5) is 14.6. The number of likely N-dealkylation sites (tertiary alicyclic amines) is 1. The molecule has 0 spiro atoms. The Bertz CT molecular complexity index is 1060. The van der Waals surface area contributed by atoms with Crippen LogP contribution in [0, 0.1) is 5.92 Å². The summed E-state index contributed by atoms with van der Waals surface area (Å²) < 4.78 is 67.7. The van der Waals surface area contributed by atoms with Gasteiger partial charge in [0.05, 0.1) is 32.3 Å². The number of ether oxygens (including phenoxy) is 2. The summed E-state index contributed by atoms with van der Waals surface area (Å²) in [5.74, 6) is -0.114. The second kappa shape index (κ2) is 11.0. The molecule has 0 radical (unpaired) electrons. The van der Waals surface area contributed by atoms with Crippen molar-refractivity contribution < 1.29 is 36.9 Å². The Labute approximate surface area is 213 Å². The van der Waals surface area contributed by atoms with E-state index in [-0.39, 0.29) is 31.1 Å². The molecule has 0 aromatic heterocycles. The number of hydrogen-bond donors (Lipinski definition) is 2. The third-order valence-electron chi connectivity index (χ3n) is 6.93. The number of nitrogens with zero attached hydrogens (tertiary/aromatic N) is 1. The number of hydrogen-bond acceptors (Lipinski definition) is 5. The Kier molecular flexibility index (Phi) is 8.11. The van der Waals surface area contributed by atoms with Crippen molar-refractivity contribution in [2.24, 2.45) is 5.92 Å². The molecular formula is C27H32F4N2O4. The summed E-state index contributed by atoms with van der Waals surface area (Å²) in [6, 6.07) is 8.88. The maximum absolute atomic E-state index is 14.5. The van der Waals surface area contributed by atoms with Gasteiger partial charge in [-0.15, -0.1) is 0 Å². The van der Waals surface area contributed by atoms with Crippen molar-refractivity contribution in [3.05, 3.63) is 54.1 Å². The lowest BCUT2D eigenvalue weighted by molar-refractivity contribution is -0.163. The number of halogens is 4. The predicted octanol–water partition coefficient (Wildman–Crippen LogP) is 4.28. The van der Waals surface area contributed by atoms with Crippen LogP contribution < -0.4 is 10.1 Å². The maximum Gasteiger partial charge on any atom is 0.407 e. The summed E-state index contributed by atoms with van der Waals surface area (Å²) in [5.41, 5.74) is 1.51. The molecule has 37 heavy (non-hydrogen) atoms. The molecule has 2 heterocycles. The number of methoxy groups -OCH3 is 1. The molecule has 0 bridgehead atoms. The standard InChI is InChI=1S/C27H32F4N2O4/c1-15(2)12-21(26(35)33-13-20(28)24-23(33)22(34)14-37-24)32-25(27(29,30)31)18-6-4-16(5-7-18)17-8-10-19(36-3)11-9-17/h4-11,15,20-25,32,34H,12-14H2,1-3H3/t20-,21?,22-,23+,24+,25-/m0/s1. The van der Waals surface area contributed by atoms with Gasteiger partial charge in [-0.2, -0.15) is 13.2 Å². The minimum atomic E-state index is -4.69. The summed E-state index contributed by atoms with van der Waals surface area (Å²) in [5, 5.41) is 12.8. The minimum Gasteiger partial charge on any atom is -0.497 e. The Morgan fingerprint density at radius 3 is 2.27 bits per heavy atom. The van der Waals surface area contributed by atoms with E-state index in [0.29, 0.717) is 5.75 Å². The molecular weight excluding hydrogens is 492 g/mol. The number of nitrogens with one attached hydrogen (secondary N) is 1. The molecule has 1 amide bonds. The van der Waals surface area contributed by atoms with Crippen LogP contribution >= 0.6 is 0 Å². The average molecular weight is 525 g/mol. The first-order valence-corrected chi connectivity index (χ1v) is 12.3. The maximum atomic E-state index is 14.5. The fourth-order valence-electron chi connectivity index (χ4n) is 5.12. The van der Waals surface area contributed by atoms with E-state index in [4.69, 9.17) is 9.47 Å². The van der Waals surface area contributed by atoms with Gasteiger partial charge in [0.15, 0.2) is 0 Å². The van der Waals surface area contributed by atoms with Gasteiger partial charge in [-0.05, 0) is 41.2 Å². The van der Waals surface area contributed by atoms with Gasteiger partial charge in [0.1, 0.15) is 30.2 Å². The van der Waals surface area contributed by atoms with Gasteiger partial charge in [-0.25, -0.2) is 4.39 Å². The van der Waals surface area contributed by atoms with Gasteiger partial charge in [0, 0.05) is 0 Å². The molecule has 4 rings (SSSR count). The number of amides is 1. The highest BCUT2D eigenvalue weighted by Crippen LogP contribution is 2.36. The molecule has 2 aliphatic rings. The zero-order valence-electron chi connectivity index (χ0n) is 20.9. The molecule has 2 N–H and O–H groups in total. The third-order valence-corrected chi connectivity index (χ3v) is 6.93. The van der Waals surface area contributed by atoms with E-state index >= 15 is 0 Å². The van der Waals surface area contributed by atoms with Crippen LogP contribution in [0.15, 0.2) is 48.5 Å². The monoisotopic (exact) mass is 524 g/mol. The van der Waals surface area contributed by atoms with Crippen LogP contribution in [-0.4, -0.2) is 72.8 Å². The van der Waals surface area contributed by atoms with Gasteiger partial charge in [0.2, 0.25) is 5.91 Å². The Hall–Kier alpha value is -2.69. The van der Waals surface area contributed by atoms with E-state index in [0.717, 1.165) is 16.0 Å². The van der Waals surface area contributed by atoms with Gasteiger partial charge in [-0.1, -0.05) is 50.2 Å². The number of carbonyl (C=O) groups excluding carboxylic acids is 1. The third kappa shape index (κ3) is 5.91. The highest BCUT2D eigenvalue weighted by atomic mass is 19.4. The normalized spacial score (nSPS) is 25.3. The number of aliphatic hydroxyl groups is 1. The first kappa shape index (κ1) is 27.3. The lowest BCUT2D eigenvalue weighted by Crippen LogP contribution is -2.54. The summed E-state index contributed by atoms with van der Waals surface area (Å²) in [6.45, 7) is 3.15. The van der Waals surface area contributed by atoms with Crippen LogP contribution in [0.3, 0.4) is 0 Å². The molecule has 6 atom stereocenters. The summed E-state index contributed by atoms with van der Waals surface area (Å²) >= 11 is 0. The number of alkyl halides is 4.